The van der Waals surface area contributed by atoms with E-state index in [2.05, 4.69) is 5.32 Å². The van der Waals surface area contributed by atoms with Gasteiger partial charge in [0.05, 0.1) is 5.56 Å². The number of hydrogen-bond donors (Lipinski definition) is 1. The maximum Gasteiger partial charge on any atom is 0.338 e. The highest BCUT2D eigenvalue weighted by Gasteiger charge is 2.33. The lowest BCUT2D eigenvalue weighted by Crippen LogP contribution is -2.51. The Labute approximate surface area is 148 Å². The van der Waals surface area contributed by atoms with E-state index >= 15 is 0 Å². The van der Waals surface area contributed by atoms with Crippen LogP contribution in [0.25, 0.3) is 0 Å². The molecule has 6 heteroatoms. The topological polar surface area (TPSA) is 75.7 Å². The van der Waals surface area contributed by atoms with Gasteiger partial charge >= 0.3 is 5.97 Å². The van der Waals surface area contributed by atoms with Crippen molar-refractivity contribution in [2.24, 2.45) is 0 Å². The van der Waals surface area contributed by atoms with Crippen LogP contribution in [0.1, 0.15) is 57.3 Å². The zero-order valence-electron chi connectivity index (χ0n) is 15.2. The maximum absolute atomic E-state index is 12.7. The molecule has 1 N–H and O–H groups in total. The Balaban J connectivity index is 2.04. The lowest BCUT2D eigenvalue weighted by molar-refractivity contribution is -0.146. The lowest BCUT2D eigenvalue weighted by atomic mass is 9.97. The summed E-state index contributed by atoms with van der Waals surface area (Å²) < 4.78 is 5.37. The van der Waals surface area contributed by atoms with Crippen LogP contribution in [0.15, 0.2) is 24.3 Å². The summed E-state index contributed by atoms with van der Waals surface area (Å²) in [5.41, 5.74) is 0.810. The number of carbonyl (C=O) groups excluding carboxylic acids is 3. The van der Waals surface area contributed by atoms with Gasteiger partial charge in [-0.3, -0.25) is 9.59 Å². The fraction of sp³-hybridized carbons (Fsp3) is 0.526. The van der Waals surface area contributed by atoms with Crippen LogP contribution in [-0.2, 0) is 14.3 Å². The van der Waals surface area contributed by atoms with Crippen molar-refractivity contribution in [1.82, 2.24) is 4.90 Å². The number of amides is 2. The van der Waals surface area contributed by atoms with Gasteiger partial charge in [0.15, 0.2) is 6.10 Å². The van der Waals surface area contributed by atoms with Crippen LogP contribution in [0.3, 0.4) is 0 Å². The van der Waals surface area contributed by atoms with Crippen molar-refractivity contribution < 1.29 is 19.1 Å². The van der Waals surface area contributed by atoms with Gasteiger partial charge in [0.25, 0.3) is 5.91 Å². The average Bonchev–Trinajstić information content (AvgIpc) is 2.54. The van der Waals surface area contributed by atoms with E-state index in [0.717, 1.165) is 19.3 Å². The molecule has 6 nitrogen and oxygen atoms in total. The summed E-state index contributed by atoms with van der Waals surface area (Å²) in [5, 5.41) is 2.62. The zero-order chi connectivity index (χ0) is 18.6. The van der Waals surface area contributed by atoms with Gasteiger partial charge in [-0.05, 0) is 58.2 Å². The molecule has 1 aromatic carbocycles. The molecule has 0 saturated carbocycles. The van der Waals surface area contributed by atoms with E-state index < -0.39 is 12.1 Å². The molecule has 1 aliphatic rings. The third-order valence-corrected chi connectivity index (χ3v) is 4.50. The Morgan fingerprint density at radius 1 is 1.20 bits per heavy atom. The van der Waals surface area contributed by atoms with Crippen LogP contribution in [0, 0.1) is 0 Å². The second kappa shape index (κ2) is 8.14. The number of likely N-dealkylation sites (tertiary alicyclic amines) is 1. The molecule has 0 radical (unpaired) electrons. The molecule has 0 aliphatic carbocycles. The van der Waals surface area contributed by atoms with Crippen LogP contribution >= 0.6 is 0 Å². The van der Waals surface area contributed by atoms with Crippen molar-refractivity contribution in [3.8, 4) is 0 Å². The molecular formula is C19H26N2O4. The standard InChI is InChI=1S/C19H26N2O4/c1-12-7-5-8-13(2)21(12)18(23)14(3)25-19(24)16-9-6-10-17(11-16)20-15(4)22/h6,9-14H,5,7-8H2,1-4H3,(H,20,22)/t12-,13-,14+/m0/s1. The second-order valence-electron chi connectivity index (χ2n) is 6.68. The minimum atomic E-state index is -0.847. The Hall–Kier alpha value is -2.37. The number of benzene rings is 1. The fourth-order valence-corrected chi connectivity index (χ4v) is 3.27. The highest BCUT2D eigenvalue weighted by Crippen LogP contribution is 2.24. The molecule has 0 bridgehead atoms. The monoisotopic (exact) mass is 346 g/mol. The van der Waals surface area contributed by atoms with Gasteiger partial charge in [0.1, 0.15) is 0 Å². The van der Waals surface area contributed by atoms with E-state index in [0.29, 0.717) is 11.3 Å². The molecule has 25 heavy (non-hydrogen) atoms. The quantitative estimate of drug-likeness (QED) is 0.851. The number of carbonyl (C=O) groups is 3. The lowest BCUT2D eigenvalue weighted by Gasteiger charge is -2.40. The summed E-state index contributed by atoms with van der Waals surface area (Å²) in [5.74, 6) is -0.960. The van der Waals surface area contributed by atoms with Crippen LogP contribution in [0.5, 0.6) is 0 Å². The van der Waals surface area contributed by atoms with Crippen molar-refractivity contribution in [1.29, 1.82) is 0 Å². The molecule has 136 valence electrons. The molecule has 3 atom stereocenters. The molecule has 1 aliphatic heterocycles. The first kappa shape index (κ1) is 19.0. The van der Waals surface area contributed by atoms with Gasteiger partial charge in [-0.2, -0.15) is 0 Å². The molecule has 0 aromatic heterocycles. The van der Waals surface area contributed by atoms with Gasteiger partial charge in [-0.15, -0.1) is 0 Å². The van der Waals surface area contributed by atoms with Crippen LogP contribution < -0.4 is 5.32 Å². The molecule has 1 fully saturated rings. The molecule has 0 unspecified atom stereocenters. The van der Waals surface area contributed by atoms with Crippen molar-refractivity contribution in [3.63, 3.8) is 0 Å². The predicted molar refractivity (Wildman–Crippen MR) is 95.2 cm³/mol. The van der Waals surface area contributed by atoms with E-state index in [-0.39, 0.29) is 23.9 Å². The average molecular weight is 346 g/mol. The number of anilines is 1. The van der Waals surface area contributed by atoms with Gasteiger partial charge in [-0.1, -0.05) is 6.07 Å². The third kappa shape index (κ3) is 4.81. The van der Waals surface area contributed by atoms with Crippen molar-refractivity contribution in [3.05, 3.63) is 29.8 Å². The first-order valence-corrected chi connectivity index (χ1v) is 8.70. The summed E-state index contributed by atoms with van der Waals surface area (Å²) in [6, 6.07) is 6.78. The van der Waals surface area contributed by atoms with E-state index in [1.165, 1.54) is 13.0 Å². The smallest absolute Gasteiger partial charge is 0.338 e. The van der Waals surface area contributed by atoms with E-state index in [1.54, 1.807) is 25.1 Å². The number of ether oxygens (including phenoxy) is 1. The van der Waals surface area contributed by atoms with Gasteiger partial charge < -0.3 is 15.0 Å². The van der Waals surface area contributed by atoms with Gasteiger partial charge in [-0.25, -0.2) is 4.79 Å². The number of piperidine rings is 1. The van der Waals surface area contributed by atoms with E-state index in [9.17, 15) is 14.4 Å². The largest absolute Gasteiger partial charge is 0.449 e. The Kier molecular flexibility index (Phi) is 6.17. The molecule has 1 aromatic rings. The zero-order valence-corrected chi connectivity index (χ0v) is 15.2. The first-order valence-electron chi connectivity index (χ1n) is 8.70. The highest BCUT2D eigenvalue weighted by molar-refractivity contribution is 5.95. The summed E-state index contributed by atoms with van der Waals surface area (Å²) in [6.07, 6.45) is 2.20. The number of esters is 1. The normalized spacial score (nSPS) is 21.4. The Morgan fingerprint density at radius 2 is 1.84 bits per heavy atom. The molecule has 2 amide bonds. The van der Waals surface area contributed by atoms with Crippen molar-refractivity contribution >= 4 is 23.5 Å². The fourth-order valence-electron chi connectivity index (χ4n) is 3.27. The number of hydrogen-bond acceptors (Lipinski definition) is 4. The molecule has 1 heterocycles. The predicted octanol–water partition coefficient (Wildman–Crippen LogP) is 2.98. The molecular weight excluding hydrogens is 320 g/mol. The number of nitrogens with one attached hydrogen (secondary N) is 1. The minimum absolute atomic E-state index is 0.153. The Bertz CT molecular complexity index is 649. The highest BCUT2D eigenvalue weighted by atomic mass is 16.5. The number of rotatable bonds is 4. The van der Waals surface area contributed by atoms with Crippen LogP contribution in [-0.4, -0.2) is 40.9 Å². The Morgan fingerprint density at radius 3 is 2.44 bits per heavy atom. The van der Waals surface area contributed by atoms with E-state index in [4.69, 9.17) is 4.74 Å². The van der Waals surface area contributed by atoms with Gasteiger partial charge in [0.2, 0.25) is 5.91 Å². The molecule has 0 spiro atoms. The summed E-state index contributed by atoms with van der Waals surface area (Å²) in [4.78, 5) is 38.0. The first-order chi connectivity index (χ1) is 11.8. The molecule has 2 rings (SSSR count). The summed E-state index contributed by atoms with van der Waals surface area (Å²) in [7, 11) is 0. The maximum atomic E-state index is 12.7. The van der Waals surface area contributed by atoms with E-state index in [1.807, 2.05) is 18.7 Å². The SMILES string of the molecule is CC(=O)Nc1cccc(C(=O)O[C@H](C)C(=O)N2[C@@H](C)CCC[C@@H]2C)c1. The summed E-state index contributed by atoms with van der Waals surface area (Å²) in [6.45, 7) is 7.05. The summed E-state index contributed by atoms with van der Waals surface area (Å²) >= 11 is 0. The van der Waals surface area contributed by atoms with Crippen molar-refractivity contribution in [2.75, 3.05) is 5.32 Å². The van der Waals surface area contributed by atoms with Crippen LogP contribution in [0.2, 0.25) is 0 Å². The second-order valence-corrected chi connectivity index (χ2v) is 6.68. The third-order valence-electron chi connectivity index (χ3n) is 4.50. The van der Waals surface area contributed by atoms with Gasteiger partial charge in [0, 0.05) is 24.7 Å². The van der Waals surface area contributed by atoms with Crippen LogP contribution in [0.4, 0.5) is 5.69 Å². The molecule has 1 saturated heterocycles. The number of nitrogens with zero attached hydrogens (tertiary/aromatic N) is 1. The minimum Gasteiger partial charge on any atom is -0.449 e. The van der Waals surface area contributed by atoms with Crippen molar-refractivity contribution in [2.45, 2.75) is 65.1 Å².